The average molecular weight is 1850 g/mol. The molecule has 6 aliphatic carbocycles. The van der Waals surface area contributed by atoms with Crippen molar-refractivity contribution in [2.24, 2.45) is 0 Å². The molecular weight excluding hydrogens is 1750 g/mol. The highest BCUT2D eigenvalue weighted by atomic mass is 35.5. The SMILES string of the molecule is Cc1cccc(-n2ncc3c(=O)n(C4CCCCC4)cnc32)c1.O=c1c2cnn(-c3cccc(Cl)c3)c2ncn1C1CCCCC1.O=c1c2cnn(-c3ccccc3Cl)c2ncn1C1CCCCC1.O=c1c2cnn(-c3ccccn3)c2ncn1C1CCCCC1.O=c1c2cnn(-c3cccnc3)c2ncn1C1CCCCC1.O=c1c2cnn(-c3ccncc3)c2ncn1C1CCCCC1. The van der Waals surface area contributed by atoms with Gasteiger partial charge in [-0.2, -0.15) is 35.3 Å². The van der Waals surface area contributed by atoms with Crippen molar-refractivity contribution in [1.82, 2.24) is 131 Å². The summed E-state index contributed by atoms with van der Waals surface area (Å²) >= 11 is 12.3. The summed E-state index contributed by atoms with van der Waals surface area (Å²) in [4.78, 5) is 116. The van der Waals surface area contributed by atoms with Gasteiger partial charge < -0.3 is 0 Å². The maximum absolute atomic E-state index is 12.8. The molecule has 135 heavy (non-hydrogen) atoms. The predicted octanol–water partition coefficient (Wildman–Crippen LogP) is 18.3. The number of pyridine rings is 3. The van der Waals surface area contributed by atoms with Gasteiger partial charge in [-0.1, -0.05) is 175 Å². The van der Waals surface area contributed by atoms with Crippen LogP contribution >= 0.6 is 23.2 Å². The summed E-state index contributed by atoms with van der Waals surface area (Å²) in [5.41, 5.74) is 8.81. The number of halogens is 2. The molecule has 35 heteroatoms. The van der Waals surface area contributed by atoms with Crippen molar-refractivity contribution in [2.45, 2.75) is 236 Å². The van der Waals surface area contributed by atoms with Crippen LogP contribution in [0.4, 0.5) is 0 Å². The van der Waals surface area contributed by atoms with Gasteiger partial charge in [0.25, 0.3) is 33.4 Å². The van der Waals surface area contributed by atoms with Crippen LogP contribution in [0.5, 0.6) is 0 Å². The van der Waals surface area contributed by atoms with Crippen LogP contribution in [0.15, 0.2) is 250 Å². The molecule has 0 N–H and O–H groups in total. The molecule has 0 unspecified atom stereocenters. The number of nitrogens with zero attached hydrogens (tertiary/aromatic N) is 27. The summed E-state index contributed by atoms with van der Waals surface area (Å²) in [7, 11) is 0. The largest absolute Gasteiger partial charge is 0.295 e. The fourth-order valence-electron chi connectivity index (χ4n) is 19.8. The first-order valence-electron chi connectivity index (χ1n) is 47.3. The fourth-order valence-corrected chi connectivity index (χ4v) is 20.2. The lowest BCUT2D eigenvalue weighted by Crippen LogP contribution is -2.26. The van der Waals surface area contributed by atoms with E-state index in [2.05, 4.69) is 75.4 Å². The van der Waals surface area contributed by atoms with Gasteiger partial charge in [-0.25, -0.2) is 58.3 Å². The summed E-state index contributed by atoms with van der Waals surface area (Å²) in [6.07, 6.45) is 62.7. The lowest BCUT2D eigenvalue weighted by atomic mass is 9.95. The van der Waals surface area contributed by atoms with Crippen molar-refractivity contribution in [2.75, 3.05) is 0 Å². The lowest BCUT2D eigenvalue weighted by Gasteiger charge is -2.23. The quantitative estimate of drug-likeness (QED) is 0.110. The van der Waals surface area contributed by atoms with Gasteiger partial charge in [-0.05, 0) is 168 Å². The molecular formula is C100H105Cl2N27O6. The van der Waals surface area contributed by atoms with Crippen LogP contribution in [-0.2, 0) is 0 Å². The molecule has 15 aromatic heterocycles. The number of hydrogen-bond donors (Lipinski definition) is 0. The van der Waals surface area contributed by atoms with Crippen molar-refractivity contribution < 1.29 is 0 Å². The molecule has 690 valence electrons. The molecule has 24 rings (SSSR count). The van der Waals surface area contributed by atoms with E-state index in [0.717, 1.165) is 111 Å². The summed E-state index contributed by atoms with van der Waals surface area (Å²) in [5, 5.41) is 30.6. The Kier molecular flexibility index (Phi) is 27.7. The number of rotatable bonds is 12. The molecule has 0 bridgehead atoms. The maximum atomic E-state index is 12.8. The van der Waals surface area contributed by atoms with Crippen LogP contribution in [-0.4, -0.2) is 131 Å². The Morgan fingerprint density at radius 1 is 0.259 bits per heavy atom. The van der Waals surface area contributed by atoms with Gasteiger partial charge in [0, 0.05) is 66.1 Å². The zero-order valence-corrected chi connectivity index (χ0v) is 76.8. The van der Waals surface area contributed by atoms with Crippen LogP contribution in [0.25, 0.3) is 100 Å². The molecule has 0 radical (unpaired) electrons. The Hall–Kier alpha value is -14.2. The third-order valence-electron chi connectivity index (χ3n) is 26.9. The molecule has 0 atom stereocenters. The molecule has 33 nitrogen and oxygen atoms in total. The Bertz CT molecular complexity index is 7070. The Balaban J connectivity index is 0.000000104. The predicted molar refractivity (Wildman–Crippen MR) is 520 cm³/mol. The van der Waals surface area contributed by atoms with Crippen LogP contribution < -0.4 is 33.4 Å². The number of hydrogen-bond acceptors (Lipinski definition) is 21. The topological polar surface area (TPSA) is 355 Å². The number of para-hydroxylation sites is 1. The Morgan fingerprint density at radius 2 is 0.578 bits per heavy atom. The molecule has 3 aromatic carbocycles. The van der Waals surface area contributed by atoms with E-state index in [1.165, 1.54) is 116 Å². The maximum Gasteiger partial charge on any atom is 0.264 e. The normalized spacial score (nSPS) is 16.1. The molecule has 0 saturated heterocycles. The molecule has 18 aromatic rings. The van der Waals surface area contributed by atoms with Crippen molar-refractivity contribution in [3.05, 3.63) is 299 Å². The molecule has 6 saturated carbocycles. The monoisotopic (exact) mass is 1850 g/mol. The first kappa shape index (κ1) is 90.0. The van der Waals surface area contributed by atoms with Crippen LogP contribution in [0.3, 0.4) is 0 Å². The van der Waals surface area contributed by atoms with E-state index in [0.29, 0.717) is 82.1 Å². The summed E-state index contributed by atoms with van der Waals surface area (Å²) in [6.45, 7) is 2.04. The number of aromatic nitrogens is 27. The van der Waals surface area contributed by atoms with Crippen LogP contribution in [0, 0.1) is 6.92 Å². The highest BCUT2D eigenvalue weighted by Crippen LogP contribution is 2.35. The number of aryl methyl sites for hydroxylation is 1. The minimum atomic E-state index is -0.0137. The van der Waals surface area contributed by atoms with E-state index in [1.54, 1.807) is 169 Å². The smallest absolute Gasteiger partial charge is 0.264 e. The van der Waals surface area contributed by atoms with Crippen molar-refractivity contribution in [3.63, 3.8) is 0 Å². The lowest BCUT2D eigenvalue weighted by molar-refractivity contribution is 0.345. The van der Waals surface area contributed by atoms with Gasteiger partial charge in [0.15, 0.2) is 39.7 Å². The molecule has 0 aliphatic heterocycles. The molecule has 0 amide bonds. The van der Waals surface area contributed by atoms with E-state index >= 15 is 0 Å². The number of benzene rings is 3. The summed E-state index contributed by atoms with van der Waals surface area (Å²) < 4.78 is 20.7. The van der Waals surface area contributed by atoms with E-state index in [-0.39, 0.29) is 69.6 Å². The molecule has 6 aliphatic rings. The second kappa shape index (κ2) is 41.5. The second-order valence-electron chi connectivity index (χ2n) is 35.6. The summed E-state index contributed by atoms with van der Waals surface area (Å²) in [6, 6.07) is 37.5. The van der Waals surface area contributed by atoms with Crippen LogP contribution in [0.1, 0.15) is 234 Å². The summed E-state index contributed by atoms with van der Waals surface area (Å²) in [5.74, 6) is 0.666. The van der Waals surface area contributed by atoms with E-state index in [1.807, 2.05) is 115 Å². The zero-order valence-electron chi connectivity index (χ0n) is 75.2. The molecule has 6 fully saturated rings. The van der Waals surface area contributed by atoms with Gasteiger partial charge in [0.2, 0.25) is 0 Å². The minimum Gasteiger partial charge on any atom is -0.295 e. The Labute approximate surface area is 784 Å². The first-order chi connectivity index (χ1) is 66.3. The van der Waals surface area contributed by atoms with Gasteiger partial charge in [0.1, 0.15) is 70.3 Å². The first-order valence-corrected chi connectivity index (χ1v) is 48.0. The third kappa shape index (κ3) is 19.4. The minimum absolute atomic E-state index is 0.000851. The van der Waals surface area contributed by atoms with E-state index < -0.39 is 0 Å². The van der Waals surface area contributed by atoms with E-state index in [4.69, 9.17) is 23.2 Å². The number of fused-ring (bicyclic) bond motifs is 6. The average Bonchev–Trinajstić information content (AvgIpc) is 1.67. The molecule has 0 spiro atoms. The van der Waals surface area contributed by atoms with E-state index in [9.17, 15) is 28.8 Å². The molecule has 15 heterocycles. The highest BCUT2D eigenvalue weighted by molar-refractivity contribution is 6.32. The van der Waals surface area contributed by atoms with Gasteiger partial charge in [0.05, 0.1) is 76.8 Å². The Morgan fingerprint density at radius 3 is 0.926 bits per heavy atom. The van der Waals surface area contributed by atoms with Gasteiger partial charge in [-0.15, -0.1) is 0 Å². The fraction of sp³-hybridized carbons (Fsp3) is 0.370. The van der Waals surface area contributed by atoms with Gasteiger partial charge in [-0.3, -0.25) is 66.1 Å². The van der Waals surface area contributed by atoms with Crippen molar-refractivity contribution in [3.8, 4) is 34.3 Å². The standard InChI is InChI=1S/C18H20N4O.2C17H17ClN4O.3C16H17N5O/c1-13-6-5-9-15(10-13)22-17-16(11-20-22)18(23)21(12-19-17)14-7-3-2-4-8-14;18-12-5-4-8-14(9-12)22-16-15(10-20-22)17(23)21(11-19-16)13-6-2-1-3-7-13;18-14-8-4-5-9-15(14)22-16-13(10-20-22)17(23)21(11-19-16)12-6-2-1-3-7-12;22-16-13-10-19-21(14-8-4-5-9-17-14)15(13)18-11-20(16)12-6-2-1-3-7-12;22-16-14-10-19-21(13-7-4-8-17-9-13)15(14)18-11-20(16)12-5-2-1-3-6-12;22-16-14-10-19-21(13-6-8-17-9-7-13)15(14)18-11-20(16)12-4-2-1-3-5-12/h5-6,9-12,14H,2-4,7-8H2,1H3;4-5,8-11,13H,1-3,6-7H2;4-5,8-12H,1-3,6-7H2;4-5,8-12H,1-3,6-7H2;4,7-12H,1-3,5-6H2;6-12H,1-5H2. The van der Waals surface area contributed by atoms with Gasteiger partial charge >= 0.3 is 0 Å². The van der Waals surface area contributed by atoms with Crippen molar-refractivity contribution >= 4 is 89.4 Å². The van der Waals surface area contributed by atoms with Crippen LogP contribution in [0.2, 0.25) is 10.0 Å². The highest BCUT2D eigenvalue weighted by Gasteiger charge is 2.28. The van der Waals surface area contributed by atoms with Crippen molar-refractivity contribution in [1.29, 1.82) is 0 Å². The second-order valence-corrected chi connectivity index (χ2v) is 36.5. The zero-order chi connectivity index (χ0) is 92.3. The third-order valence-corrected chi connectivity index (χ3v) is 27.5.